The van der Waals surface area contributed by atoms with Gasteiger partial charge in [0.15, 0.2) is 0 Å². The van der Waals surface area contributed by atoms with E-state index in [1.165, 1.54) is 0 Å². The van der Waals surface area contributed by atoms with Crippen LogP contribution in [0.2, 0.25) is 0 Å². The molecule has 0 saturated heterocycles. The first-order valence-electron chi connectivity index (χ1n) is 5.90. The number of hydrogen-bond donors (Lipinski definition) is 1. The van der Waals surface area contributed by atoms with Crippen LogP contribution in [0.1, 0.15) is 39.5 Å². The number of primary sulfonamides is 1. The van der Waals surface area contributed by atoms with Gasteiger partial charge in [0, 0.05) is 20.3 Å². The summed E-state index contributed by atoms with van der Waals surface area (Å²) in [7, 11) is -1.61. The molecule has 0 amide bonds. The number of methoxy groups -OCH3 is 1. The SMILES string of the molecule is COC(C)(C)CCOCCCCCS(N)(=O)=O. The minimum atomic E-state index is -3.30. The predicted octanol–water partition coefficient (Wildman–Crippen LogP) is 1.28. The number of ether oxygens (including phenoxy) is 2. The lowest BCUT2D eigenvalue weighted by Gasteiger charge is -2.22. The van der Waals surface area contributed by atoms with Gasteiger partial charge in [0.25, 0.3) is 0 Å². The van der Waals surface area contributed by atoms with Gasteiger partial charge < -0.3 is 9.47 Å². The topological polar surface area (TPSA) is 78.6 Å². The standard InChI is InChI=1S/C11H25NO4S/c1-11(2,15-3)7-9-16-8-5-4-6-10-17(12,13)14/h4-10H2,1-3H3,(H2,12,13,14). The summed E-state index contributed by atoms with van der Waals surface area (Å²) in [4.78, 5) is 0. The molecule has 2 N–H and O–H groups in total. The Morgan fingerprint density at radius 1 is 1.12 bits per heavy atom. The van der Waals surface area contributed by atoms with E-state index in [0.717, 1.165) is 19.3 Å². The van der Waals surface area contributed by atoms with Crippen molar-refractivity contribution < 1.29 is 17.9 Å². The fraction of sp³-hybridized carbons (Fsp3) is 1.00. The number of hydrogen-bond acceptors (Lipinski definition) is 4. The monoisotopic (exact) mass is 267 g/mol. The zero-order valence-electron chi connectivity index (χ0n) is 11.1. The number of unbranched alkanes of at least 4 members (excludes halogenated alkanes) is 2. The van der Waals surface area contributed by atoms with Crippen molar-refractivity contribution in [3.8, 4) is 0 Å². The molecule has 0 radical (unpaired) electrons. The first-order chi connectivity index (χ1) is 7.77. The van der Waals surface area contributed by atoms with Crippen molar-refractivity contribution in [2.45, 2.75) is 45.1 Å². The Morgan fingerprint density at radius 3 is 2.29 bits per heavy atom. The zero-order chi connectivity index (χ0) is 13.4. The van der Waals surface area contributed by atoms with Crippen molar-refractivity contribution >= 4 is 10.0 Å². The highest BCUT2D eigenvalue weighted by Gasteiger charge is 2.15. The summed E-state index contributed by atoms with van der Waals surface area (Å²) in [5.74, 6) is 0.0592. The number of sulfonamides is 1. The molecule has 0 aliphatic rings. The largest absolute Gasteiger partial charge is 0.381 e. The molecular formula is C11H25NO4S. The average molecular weight is 267 g/mol. The molecule has 0 rings (SSSR count). The van der Waals surface area contributed by atoms with Crippen LogP contribution in [0.15, 0.2) is 0 Å². The van der Waals surface area contributed by atoms with Crippen LogP contribution in [-0.4, -0.2) is 40.1 Å². The van der Waals surface area contributed by atoms with Crippen LogP contribution in [0.25, 0.3) is 0 Å². The molecule has 0 atom stereocenters. The third kappa shape index (κ3) is 12.1. The molecule has 0 aromatic heterocycles. The molecule has 0 aromatic rings. The summed E-state index contributed by atoms with van der Waals surface area (Å²) in [5.41, 5.74) is -0.145. The summed E-state index contributed by atoms with van der Waals surface area (Å²) < 4.78 is 32.0. The molecule has 6 heteroatoms. The zero-order valence-corrected chi connectivity index (χ0v) is 11.9. The van der Waals surface area contributed by atoms with E-state index in [2.05, 4.69) is 0 Å². The quantitative estimate of drug-likeness (QED) is 0.605. The molecule has 5 nitrogen and oxygen atoms in total. The Balaban J connectivity index is 3.31. The fourth-order valence-corrected chi connectivity index (χ4v) is 1.81. The molecule has 0 spiro atoms. The van der Waals surface area contributed by atoms with Gasteiger partial charge in [-0.25, -0.2) is 13.6 Å². The van der Waals surface area contributed by atoms with Gasteiger partial charge in [-0.15, -0.1) is 0 Å². The van der Waals surface area contributed by atoms with E-state index in [0.29, 0.717) is 19.6 Å². The van der Waals surface area contributed by atoms with Gasteiger partial charge in [0.2, 0.25) is 10.0 Å². The van der Waals surface area contributed by atoms with Gasteiger partial charge in [-0.05, 0) is 33.1 Å². The van der Waals surface area contributed by atoms with Crippen LogP contribution in [0.3, 0.4) is 0 Å². The lowest BCUT2D eigenvalue weighted by atomic mass is 10.1. The van der Waals surface area contributed by atoms with Crippen molar-refractivity contribution in [2.24, 2.45) is 5.14 Å². The third-order valence-corrected chi connectivity index (χ3v) is 3.48. The lowest BCUT2D eigenvalue weighted by molar-refractivity contribution is -0.0101. The smallest absolute Gasteiger partial charge is 0.209 e. The van der Waals surface area contributed by atoms with E-state index in [9.17, 15) is 8.42 Å². The van der Waals surface area contributed by atoms with Crippen molar-refractivity contribution in [2.75, 3.05) is 26.1 Å². The van der Waals surface area contributed by atoms with Crippen molar-refractivity contribution in [3.63, 3.8) is 0 Å². The maximum Gasteiger partial charge on any atom is 0.209 e. The highest BCUT2D eigenvalue weighted by Crippen LogP contribution is 2.12. The molecule has 0 heterocycles. The van der Waals surface area contributed by atoms with E-state index in [1.54, 1.807) is 7.11 Å². The predicted molar refractivity (Wildman–Crippen MR) is 68.3 cm³/mol. The van der Waals surface area contributed by atoms with E-state index in [1.807, 2.05) is 13.8 Å². The average Bonchev–Trinajstić information content (AvgIpc) is 2.20. The van der Waals surface area contributed by atoms with Gasteiger partial charge >= 0.3 is 0 Å². The summed E-state index contributed by atoms with van der Waals surface area (Å²) in [6.45, 7) is 5.35. The van der Waals surface area contributed by atoms with Gasteiger partial charge in [0.05, 0.1) is 11.4 Å². The minimum Gasteiger partial charge on any atom is -0.381 e. The second-order valence-corrected chi connectivity index (χ2v) is 6.49. The second-order valence-electron chi connectivity index (χ2n) is 4.75. The molecular weight excluding hydrogens is 242 g/mol. The second kappa shape index (κ2) is 8.02. The van der Waals surface area contributed by atoms with E-state index in [-0.39, 0.29) is 11.4 Å². The molecule has 0 fully saturated rings. The van der Waals surface area contributed by atoms with Gasteiger partial charge in [-0.3, -0.25) is 0 Å². The third-order valence-electron chi connectivity index (χ3n) is 2.62. The van der Waals surface area contributed by atoms with E-state index < -0.39 is 10.0 Å². The highest BCUT2D eigenvalue weighted by atomic mass is 32.2. The molecule has 0 saturated carbocycles. The Morgan fingerprint density at radius 2 is 1.76 bits per heavy atom. The maximum absolute atomic E-state index is 10.6. The Labute approximate surface area is 105 Å². The van der Waals surface area contributed by atoms with Gasteiger partial charge in [0.1, 0.15) is 0 Å². The van der Waals surface area contributed by atoms with Crippen LogP contribution in [0.4, 0.5) is 0 Å². The van der Waals surface area contributed by atoms with Crippen LogP contribution < -0.4 is 5.14 Å². The number of nitrogens with two attached hydrogens (primary N) is 1. The highest BCUT2D eigenvalue weighted by molar-refractivity contribution is 7.89. The van der Waals surface area contributed by atoms with E-state index in [4.69, 9.17) is 14.6 Å². The molecule has 0 aromatic carbocycles. The van der Waals surface area contributed by atoms with Crippen molar-refractivity contribution in [1.82, 2.24) is 0 Å². The molecule has 0 aliphatic carbocycles. The Hall–Kier alpha value is -0.170. The van der Waals surface area contributed by atoms with Crippen LogP contribution in [-0.2, 0) is 19.5 Å². The normalized spacial score (nSPS) is 12.9. The van der Waals surface area contributed by atoms with Crippen LogP contribution >= 0.6 is 0 Å². The summed E-state index contributed by atoms with van der Waals surface area (Å²) in [6.07, 6.45) is 3.14. The maximum atomic E-state index is 10.6. The fourth-order valence-electron chi connectivity index (χ4n) is 1.21. The van der Waals surface area contributed by atoms with Crippen LogP contribution in [0, 0.1) is 0 Å². The molecule has 0 unspecified atom stereocenters. The van der Waals surface area contributed by atoms with Gasteiger partial charge in [-0.1, -0.05) is 6.42 Å². The minimum absolute atomic E-state index is 0.0592. The summed E-state index contributed by atoms with van der Waals surface area (Å²) >= 11 is 0. The van der Waals surface area contributed by atoms with Gasteiger partial charge in [-0.2, -0.15) is 0 Å². The first kappa shape index (κ1) is 16.8. The summed E-state index contributed by atoms with van der Waals surface area (Å²) in [5, 5.41) is 4.89. The van der Waals surface area contributed by atoms with E-state index >= 15 is 0 Å². The Bertz CT molecular complexity index is 288. The summed E-state index contributed by atoms with van der Waals surface area (Å²) in [6, 6.07) is 0. The molecule has 17 heavy (non-hydrogen) atoms. The molecule has 0 bridgehead atoms. The van der Waals surface area contributed by atoms with Crippen molar-refractivity contribution in [3.05, 3.63) is 0 Å². The molecule has 0 aliphatic heterocycles. The first-order valence-corrected chi connectivity index (χ1v) is 7.62. The Kier molecular flexibility index (Phi) is 7.94. The van der Waals surface area contributed by atoms with Crippen molar-refractivity contribution in [1.29, 1.82) is 0 Å². The molecule has 104 valence electrons. The number of rotatable bonds is 10. The lowest BCUT2D eigenvalue weighted by Crippen LogP contribution is -2.24. The van der Waals surface area contributed by atoms with Crippen LogP contribution in [0.5, 0.6) is 0 Å².